The molecule has 0 fully saturated rings. The average Bonchev–Trinajstić information content (AvgIpc) is 2.45. The summed E-state index contributed by atoms with van der Waals surface area (Å²) in [6.45, 7) is 0.748. The normalized spacial score (nSPS) is 14.4. The van der Waals surface area contributed by atoms with Crippen LogP contribution < -0.4 is 5.32 Å². The van der Waals surface area contributed by atoms with E-state index in [-0.39, 0.29) is 5.82 Å². The van der Waals surface area contributed by atoms with Crippen LogP contribution in [0.4, 0.5) is 10.1 Å². The summed E-state index contributed by atoms with van der Waals surface area (Å²) < 4.78 is 12.9. The third-order valence-electron chi connectivity index (χ3n) is 1.76. The van der Waals surface area contributed by atoms with Crippen LogP contribution in [0.2, 0.25) is 5.15 Å². The Hall–Kier alpha value is -0.830. The van der Waals surface area contributed by atoms with Gasteiger partial charge in [0, 0.05) is 12.1 Å². The molecule has 0 bridgehead atoms. The minimum absolute atomic E-state index is 0.269. The van der Waals surface area contributed by atoms with Crippen LogP contribution in [-0.4, -0.2) is 11.5 Å². The molecule has 0 spiro atoms. The van der Waals surface area contributed by atoms with Crippen molar-refractivity contribution >= 4 is 17.3 Å². The summed E-state index contributed by atoms with van der Waals surface area (Å²) in [4.78, 5) is 3.68. The molecule has 1 aliphatic heterocycles. The minimum Gasteiger partial charge on any atom is -0.382 e. The average molecular weight is 173 g/mol. The smallest absolute Gasteiger partial charge is 0.152 e. The summed E-state index contributed by atoms with van der Waals surface area (Å²) >= 11 is 5.70. The number of anilines is 1. The van der Waals surface area contributed by atoms with Crippen molar-refractivity contribution in [1.29, 1.82) is 0 Å². The van der Waals surface area contributed by atoms with Crippen LogP contribution in [0.1, 0.15) is 5.56 Å². The molecule has 1 aromatic heterocycles. The molecule has 0 radical (unpaired) electrons. The van der Waals surface area contributed by atoms with Gasteiger partial charge in [0.1, 0.15) is 5.82 Å². The van der Waals surface area contributed by atoms with Crippen LogP contribution in [0, 0.1) is 5.82 Å². The third kappa shape index (κ3) is 0.959. The van der Waals surface area contributed by atoms with E-state index in [2.05, 4.69) is 10.3 Å². The number of aromatic nitrogens is 1. The molecule has 0 saturated carbocycles. The molecule has 2 heterocycles. The second kappa shape index (κ2) is 2.34. The van der Waals surface area contributed by atoms with Gasteiger partial charge in [0.25, 0.3) is 0 Å². The first-order chi connectivity index (χ1) is 5.29. The second-order valence-electron chi connectivity index (χ2n) is 2.43. The van der Waals surface area contributed by atoms with E-state index in [1.165, 1.54) is 0 Å². The van der Waals surface area contributed by atoms with Gasteiger partial charge >= 0.3 is 0 Å². The first-order valence-electron chi connectivity index (χ1n) is 3.36. The number of hydrogen-bond donors (Lipinski definition) is 1. The van der Waals surface area contributed by atoms with Crippen LogP contribution >= 0.6 is 11.6 Å². The van der Waals surface area contributed by atoms with E-state index >= 15 is 0 Å². The standard InChI is InChI=1S/C7H6ClFN2/c8-7-6-4(1-2-10-6)5(9)3-11-7/h3,10H,1-2H2. The molecule has 4 heteroatoms. The Morgan fingerprint density at radius 1 is 1.64 bits per heavy atom. The van der Waals surface area contributed by atoms with Crippen LogP contribution in [0.15, 0.2) is 6.20 Å². The molecule has 0 aromatic carbocycles. The predicted octanol–water partition coefficient (Wildman–Crippen LogP) is 1.84. The second-order valence-corrected chi connectivity index (χ2v) is 2.79. The van der Waals surface area contributed by atoms with Crippen molar-refractivity contribution in [2.24, 2.45) is 0 Å². The molecule has 0 amide bonds. The van der Waals surface area contributed by atoms with E-state index in [1.54, 1.807) is 0 Å². The highest BCUT2D eigenvalue weighted by Gasteiger charge is 2.17. The maximum absolute atomic E-state index is 12.9. The van der Waals surface area contributed by atoms with Crippen molar-refractivity contribution in [2.75, 3.05) is 11.9 Å². The van der Waals surface area contributed by atoms with Crippen LogP contribution in [-0.2, 0) is 6.42 Å². The Morgan fingerprint density at radius 2 is 2.45 bits per heavy atom. The van der Waals surface area contributed by atoms with Gasteiger partial charge < -0.3 is 5.32 Å². The van der Waals surface area contributed by atoms with Gasteiger partial charge in [0.05, 0.1) is 11.9 Å². The largest absolute Gasteiger partial charge is 0.382 e. The summed E-state index contributed by atoms with van der Waals surface area (Å²) in [6, 6.07) is 0. The Balaban J connectivity index is 2.64. The first-order valence-corrected chi connectivity index (χ1v) is 3.73. The number of fused-ring (bicyclic) bond motifs is 1. The first kappa shape index (κ1) is 6.85. The molecular formula is C7H6ClFN2. The van der Waals surface area contributed by atoms with E-state index < -0.39 is 0 Å². The van der Waals surface area contributed by atoms with Gasteiger partial charge in [-0.1, -0.05) is 11.6 Å². The molecule has 0 saturated heterocycles. The van der Waals surface area contributed by atoms with E-state index in [0.29, 0.717) is 22.8 Å². The van der Waals surface area contributed by atoms with E-state index in [4.69, 9.17) is 11.6 Å². The Morgan fingerprint density at radius 3 is 3.18 bits per heavy atom. The zero-order valence-electron chi connectivity index (χ0n) is 5.69. The highest BCUT2D eigenvalue weighted by Crippen LogP contribution is 2.29. The number of nitrogens with zero attached hydrogens (tertiary/aromatic N) is 1. The van der Waals surface area contributed by atoms with Gasteiger partial charge in [-0.15, -0.1) is 0 Å². The van der Waals surface area contributed by atoms with Crippen LogP contribution in [0.5, 0.6) is 0 Å². The number of nitrogens with one attached hydrogen (secondary N) is 1. The van der Waals surface area contributed by atoms with Crippen molar-refractivity contribution in [2.45, 2.75) is 6.42 Å². The highest BCUT2D eigenvalue weighted by molar-refractivity contribution is 6.32. The molecule has 0 aliphatic carbocycles. The Kier molecular flexibility index (Phi) is 1.46. The lowest BCUT2D eigenvalue weighted by molar-refractivity contribution is 0.609. The summed E-state index contributed by atoms with van der Waals surface area (Å²) in [7, 11) is 0. The summed E-state index contributed by atoms with van der Waals surface area (Å²) in [5.74, 6) is -0.269. The third-order valence-corrected chi connectivity index (χ3v) is 2.05. The molecule has 1 N–H and O–H groups in total. The van der Waals surface area contributed by atoms with Crippen molar-refractivity contribution < 1.29 is 4.39 Å². The van der Waals surface area contributed by atoms with Gasteiger partial charge in [-0.3, -0.25) is 0 Å². The van der Waals surface area contributed by atoms with Gasteiger partial charge in [-0.2, -0.15) is 0 Å². The zero-order valence-corrected chi connectivity index (χ0v) is 6.45. The minimum atomic E-state index is -0.269. The zero-order chi connectivity index (χ0) is 7.84. The maximum Gasteiger partial charge on any atom is 0.152 e. The maximum atomic E-state index is 12.9. The molecule has 2 rings (SSSR count). The fourth-order valence-corrected chi connectivity index (χ4v) is 1.47. The predicted molar refractivity (Wildman–Crippen MR) is 41.4 cm³/mol. The molecule has 0 unspecified atom stereocenters. The number of pyridine rings is 1. The summed E-state index contributed by atoms with van der Waals surface area (Å²) in [5, 5.41) is 3.33. The molecule has 1 aromatic rings. The lowest BCUT2D eigenvalue weighted by Crippen LogP contribution is -1.92. The topological polar surface area (TPSA) is 24.9 Å². The molecule has 2 nitrogen and oxygen atoms in total. The van der Waals surface area contributed by atoms with E-state index in [1.807, 2.05) is 0 Å². The Bertz CT molecular complexity index is 272. The van der Waals surface area contributed by atoms with Gasteiger partial charge in [0.15, 0.2) is 5.15 Å². The van der Waals surface area contributed by atoms with Crippen molar-refractivity contribution in [3.05, 3.63) is 22.7 Å². The quantitative estimate of drug-likeness (QED) is 0.604. The van der Waals surface area contributed by atoms with Gasteiger partial charge in [-0.05, 0) is 6.42 Å². The number of hydrogen-bond acceptors (Lipinski definition) is 2. The van der Waals surface area contributed by atoms with Crippen molar-refractivity contribution in [3.8, 4) is 0 Å². The lowest BCUT2D eigenvalue weighted by atomic mass is 10.2. The molecular weight excluding hydrogens is 167 g/mol. The van der Waals surface area contributed by atoms with Crippen molar-refractivity contribution in [1.82, 2.24) is 4.98 Å². The summed E-state index contributed by atoms with van der Waals surface area (Å²) in [5.41, 5.74) is 1.32. The molecule has 11 heavy (non-hydrogen) atoms. The SMILES string of the molecule is Fc1cnc(Cl)c2c1CCN2. The van der Waals surface area contributed by atoms with Gasteiger partial charge in [-0.25, -0.2) is 9.37 Å². The van der Waals surface area contributed by atoms with Crippen LogP contribution in [0.25, 0.3) is 0 Å². The van der Waals surface area contributed by atoms with Crippen molar-refractivity contribution in [3.63, 3.8) is 0 Å². The fourth-order valence-electron chi connectivity index (χ4n) is 1.24. The molecule has 1 aliphatic rings. The van der Waals surface area contributed by atoms with E-state index in [9.17, 15) is 4.39 Å². The number of halogens is 2. The fraction of sp³-hybridized carbons (Fsp3) is 0.286. The molecule has 58 valence electrons. The van der Waals surface area contributed by atoms with E-state index in [0.717, 1.165) is 12.7 Å². The monoisotopic (exact) mass is 172 g/mol. The Labute approximate surface area is 68.4 Å². The number of rotatable bonds is 0. The summed E-state index contributed by atoms with van der Waals surface area (Å²) in [6.07, 6.45) is 1.86. The highest BCUT2D eigenvalue weighted by atomic mass is 35.5. The lowest BCUT2D eigenvalue weighted by Gasteiger charge is -2.00. The van der Waals surface area contributed by atoms with Gasteiger partial charge in [0.2, 0.25) is 0 Å². The van der Waals surface area contributed by atoms with Crippen LogP contribution in [0.3, 0.4) is 0 Å². The molecule has 0 atom stereocenters.